The van der Waals surface area contributed by atoms with Gasteiger partial charge in [-0.3, -0.25) is 9.59 Å². The number of ether oxygens (including phenoxy) is 2. The van der Waals surface area contributed by atoms with Gasteiger partial charge in [0, 0.05) is 18.3 Å². The summed E-state index contributed by atoms with van der Waals surface area (Å²) in [4.78, 5) is 25.1. The van der Waals surface area contributed by atoms with Crippen molar-refractivity contribution < 1.29 is 24.2 Å². The molecule has 0 amide bonds. The van der Waals surface area contributed by atoms with Crippen LogP contribution in [0.25, 0.3) is 0 Å². The highest BCUT2D eigenvalue weighted by molar-refractivity contribution is 5.73. The normalized spacial score (nSPS) is 39.9. The van der Waals surface area contributed by atoms with E-state index in [2.05, 4.69) is 55.0 Å². The summed E-state index contributed by atoms with van der Waals surface area (Å²) in [6.45, 7) is 21.8. The van der Waals surface area contributed by atoms with Crippen LogP contribution in [0.15, 0.2) is 23.3 Å². The van der Waals surface area contributed by atoms with Crippen molar-refractivity contribution in [2.45, 2.75) is 125 Å². The number of esters is 2. The van der Waals surface area contributed by atoms with Gasteiger partial charge >= 0.3 is 11.9 Å². The van der Waals surface area contributed by atoms with Gasteiger partial charge in [0.15, 0.2) is 0 Å². The zero-order valence-corrected chi connectivity index (χ0v) is 26.1. The Bertz CT molecular complexity index is 1040. The average molecular weight is 543 g/mol. The van der Waals surface area contributed by atoms with Crippen molar-refractivity contribution in [3.8, 4) is 0 Å². The zero-order valence-electron chi connectivity index (χ0n) is 26.1. The summed E-state index contributed by atoms with van der Waals surface area (Å²) in [5.41, 5.74) is 3.94. The summed E-state index contributed by atoms with van der Waals surface area (Å²) in [6, 6.07) is 0. The summed E-state index contributed by atoms with van der Waals surface area (Å²) in [7, 11) is 1.48. The average Bonchev–Trinajstić information content (AvgIpc) is 3.06. The fraction of sp³-hybridized carbons (Fsp3) is 0.824. The number of fused-ring (bicyclic) bond motifs is 4. The lowest BCUT2D eigenvalue weighted by atomic mass is 9.43. The smallest absolute Gasteiger partial charge is 0.309 e. The second kappa shape index (κ2) is 10.3. The molecule has 0 saturated heterocycles. The molecule has 4 rings (SSSR count). The van der Waals surface area contributed by atoms with Crippen LogP contribution in [0.3, 0.4) is 0 Å². The maximum absolute atomic E-state index is 13.2. The fourth-order valence-electron chi connectivity index (χ4n) is 10.1. The van der Waals surface area contributed by atoms with Crippen LogP contribution in [0, 0.1) is 45.3 Å². The van der Waals surface area contributed by atoms with Crippen LogP contribution in [0.5, 0.6) is 0 Å². The van der Waals surface area contributed by atoms with Crippen molar-refractivity contribution in [2.24, 2.45) is 45.3 Å². The molecule has 2 fully saturated rings. The number of hydrogen-bond donors (Lipinski definition) is 1. The van der Waals surface area contributed by atoms with Gasteiger partial charge in [-0.25, -0.2) is 0 Å². The molecule has 220 valence electrons. The third-order valence-electron chi connectivity index (χ3n) is 12.6. The molecule has 0 radical (unpaired) electrons. The van der Waals surface area contributed by atoms with Crippen molar-refractivity contribution >= 4 is 11.9 Å². The van der Waals surface area contributed by atoms with Gasteiger partial charge < -0.3 is 14.6 Å². The van der Waals surface area contributed by atoms with Crippen LogP contribution in [-0.2, 0) is 19.1 Å². The first-order chi connectivity index (χ1) is 18.0. The summed E-state index contributed by atoms with van der Waals surface area (Å²) in [6.07, 6.45) is 7.56. The molecular weight excluding hydrogens is 488 g/mol. The maximum Gasteiger partial charge on any atom is 0.309 e. The van der Waals surface area contributed by atoms with Crippen molar-refractivity contribution in [1.29, 1.82) is 0 Å². The van der Waals surface area contributed by atoms with E-state index in [-0.39, 0.29) is 51.5 Å². The van der Waals surface area contributed by atoms with Crippen LogP contribution in [0.4, 0.5) is 0 Å². The van der Waals surface area contributed by atoms with Gasteiger partial charge in [0.1, 0.15) is 6.10 Å². The number of hydrogen-bond acceptors (Lipinski definition) is 5. The van der Waals surface area contributed by atoms with E-state index in [1.165, 1.54) is 14.0 Å². The first-order valence-corrected chi connectivity index (χ1v) is 15.4. The van der Waals surface area contributed by atoms with E-state index in [1.807, 2.05) is 0 Å². The third-order valence-corrected chi connectivity index (χ3v) is 12.6. The SMILES string of the molecule is C=C(CC[C@@H](C(=O)OC)[C@H]1[C@H](O)C[C@@]2(C)C3=C(CC[C@]12C)[C@@]1(C)CC[C@H](OC(C)=O)C(C)(C)[C@@H]1CC3)C(C)C. The molecule has 39 heavy (non-hydrogen) atoms. The number of allylic oxidation sites excluding steroid dienone is 3. The highest BCUT2D eigenvalue weighted by Gasteiger charge is 2.67. The standard InChI is InChI=1S/C34H54O5/c1-20(2)21(3)11-12-23(30(37)38-10)29-26(36)19-34(9)25-13-14-27-31(5,6)28(39-22(4)35)16-17-32(27,7)24(25)15-18-33(29,34)8/h20,23,26-29,36H,3,11-19H2,1-2,4-10H3/t23-,26-,27+,28+,29+,32-,33-,34+/m1/s1. The molecule has 0 bridgehead atoms. The minimum absolute atomic E-state index is 0.0428. The Labute approximate surface area is 237 Å². The molecule has 0 unspecified atom stereocenters. The second-order valence-corrected chi connectivity index (χ2v) is 15.0. The van der Waals surface area contributed by atoms with Gasteiger partial charge in [-0.2, -0.15) is 0 Å². The molecule has 0 spiro atoms. The molecule has 4 aliphatic carbocycles. The first kappa shape index (κ1) is 30.3. The molecule has 2 saturated carbocycles. The molecule has 0 aromatic carbocycles. The van der Waals surface area contributed by atoms with E-state index in [0.29, 0.717) is 24.7 Å². The highest BCUT2D eigenvalue weighted by atomic mass is 16.5. The summed E-state index contributed by atoms with van der Waals surface area (Å²) in [5.74, 6) is -0.0263. The molecule has 0 aromatic rings. The molecule has 0 aliphatic heterocycles. The number of rotatable bonds is 7. The summed E-state index contributed by atoms with van der Waals surface area (Å²) in [5, 5.41) is 11.7. The number of carbonyl (C=O) groups excluding carboxylic acids is 2. The van der Waals surface area contributed by atoms with Crippen molar-refractivity contribution in [2.75, 3.05) is 7.11 Å². The number of aliphatic hydroxyl groups is 1. The molecule has 4 aliphatic rings. The lowest BCUT2D eigenvalue weighted by molar-refractivity contribution is -0.167. The number of aliphatic hydroxyl groups excluding tert-OH is 1. The lowest BCUT2D eigenvalue weighted by Crippen LogP contribution is -2.56. The molecule has 0 aromatic heterocycles. The molecule has 8 atom stereocenters. The van der Waals surface area contributed by atoms with E-state index >= 15 is 0 Å². The Morgan fingerprint density at radius 3 is 2.31 bits per heavy atom. The first-order valence-electron chi connectivity index (χ1n) is 15.4. The van der Waals surface area contributed by atoms with Crippen LogP contribution in [0.2, 0.25) is 0 Å². The Morgan fingerprint density at radius 1 is 1.05 bits per heavy atom. The van der Waals surface area contributed by atoms with Crippen LogP contribution < -0.4 is 0 Å². The van der Waals surface area contributed by atoms with Gasteiger partial charge in [-0.15, -0.1) is 0 Å². The van der Waals surface area contributed by atoms with Crippen molar-refractivity contribution in [3.05, 3.63) is 23.3 Å². The quantitative estimate of drug-likeness (QED) is 0.268. The number of methoxy groups -OCH3 is 1. The molecular formula is C34H54O5. The van der Waals surface area contributed by atoms with E-state index in [1.54, 1.807) is 11.1 Å². The summed E-state index contributed by atoms with van der Waals surface area (Å²) < 4.78 is 11.2. The maximum atomic E-state index is 13.2. The van der Waals surface area contributed by atoms with Crippen molar-refractivity contribution in [1.82, 2.24) is 0 Å². The van der Waals surface area contributed by atoms with Crippen LogP contribution >= 0.6 is 0 Å². The van der Waals surface area contributed by atoms with Gasteiger partial charge in [0.25, 0.3) is 0 Å². The predicted octanol–water partition coefficient (Wildman–Crippen LogP) is 7.42. The predicted molar refractivity (Wildman–Crippen MR) is 155 cm³/mol. The molecule has 1 N–H and O–H groups in total. The third kappa shape index (κ3) is 4.63. The number of carbonyl (C=O) groups is 2. The van der Waals surface area contributed by atoms with Crippen LogP contribution in [0.1, 0.15) is 113 Å². The Morgan fingerprint density at radius 2 is 1.72 bits per heavy atom. The van der Waals surface area contributed by atoms with Gasteiger partial charge in [-0.1, -0.05) is 71.8 Å². The largest absolute Gasteiger partial charge is 0.469 e. The van der Waals surface area contributed by atoms with Crippen LogP contribution in [-0.4, -0.2) is 36.4 Å². The Balaban J connectivity index is 1.70. The van der Waals surface area contributed by atoms with E-state index in [4.69, 9.17) is 9.47 Å². The molecule has 0 heterocycles. The van der Waals surface area contributed by atoms with E-state index < -0.39 is 6.10 Å². The highest BCUT2D eigenvalue weighted by Crippen LogP contribution is 2.72. The lowest BCUT2D eigenvalue weighted by Gasteiger charge is -2.62. The van der Waals surface area contributed by atoms with Gasteiger partial charge in [0.05, 0.1) is 19.1 Å². The second-order valence-electron chi connectivity index (χ2n) is 15.0. The Kier molecular flexibility index (Phi) is 8.04. The van der Waals surface area contributed by atoms with E-state index in [0.717, 1.165) is 50.5 Å². The van der Waals surface area contributed by atoms with Gasteiger partial charge in [0.2, 0.25) is 0 Å². The topological polar surface area (TPSA) is 72.8 Å². The summed E-state index contributed by atoms with van der Waals surface area (Å²) >= 11 is 0. The minimum atomic E-state index is -0.537. The van der Waals surface area contributed by atoms with E-state index in [9.17, 15) is 14.7 Å². The fourth-order valence-corrected chi connectivity index (χ4v) is 10.1. The monoisotopic (exact) mass is 542 g/mol. The minimum Gasteiger partial charge on any atom is -0.469 e. The zero-order chi connectivity index (χ0) is 29.1. The molecule has 5 heteroatoms. The molecule has 5 nitrogen and oxygen atoms in total. The van der Waals surface area contributed by atoms with Crippen molar-refractivity contribution in [3.63, 3.8) is 0 Å². The van der Waals surface area contributed by atoms with Gasteiger partial charge in [-0.05, 0) is 85.9 Å². The Hall–Kier alpha value is -1.62.